The molecule has 3 rings (SSSR count). The van der Waals surface area contributed by atoms with Crippen molar-refractivity contribution in [2.45, 2.75) is 13.8 Å². The highest BCUT2D eigenvalue weighted by molar-refractivity contribution is 7.11. The summed E-state index contributed by atoms with van der Waals surface area (Å²) in [4.78, 5) is 4.64. The topological polar surface area (TPSA) is 48.7 Å². The molecule has 0 aliphatic rings. The van der Waals surface area contributed by atoms with Crippen molar-refractivity contribution in [2.24, 2.45) is 0 Å². The van der Waals surface area contributed by atoms with Gasteiger partial charge in [-0.05, 0) is 31.5 Å². The lowest BCUT2D eigenvalue weighted by atomic mass is 10.0. The molecule has 2 aromatic carbocycles. The van der Waals surface area contributed by atoms with Gasteiger partial charge in [-0.25, -0.2) is 4.98 Å². The zero-order valence-corrected chi connectivity index (χ0v) is 14.4. The minimum atomic E-state index is 0.528. The van der Waals surface area contributed by atoms with E-state index in [1.165, 1.54) is 22.5 Å². The lowest BCUT2D eigenvalue weighted by molar-refractivity contribution is 1.32. The fraction of sp³-hybridized carbons (Fsp3) is 0.100. The number of aryl methyl sites for hydroxylation is 2. The summed E-state index contributed by atoms with van der Waals surface area (Å²) in [6.07, 6.45) is 1.71. The number of anilines is 1. The lowest BCUT2D eigenvalue weighted by Crippen LogP contribution is -1.91. The molecule has 0 unspecified atom stereocenters. The average Bonchev–Trinajstić information content (AvgIpc) is 3.06. The number of rotatable bonds is 4. The molecule has 1 aromatic heterocycles. The summed E-state index contributed by atoms with van der Waals surface area (Å²) in [6.45, 7) is 4.16. The third kappa shape index (κ3) is 3.53. The van der Waals surface area contributed by atoms with Crippen LogP contribution >= 0.6 is 11.3 Å². The summed E-state index contributed by atoms with van der Waals surface area (Å²) in [5, 5.41) is 15.3. The Labute approximate surface area is 145 Å². The summed E-state index contributed by atoms with van der Waals surface area (Å²) in [5.41, 5.74) is 5.91. The van der Waals surface area contributed by atoms with E-state index >= 15 is 0 Å². The molecule has 0 saturated heterocycles. The van der Waals surface area contributed by atoms with Crippen molar-refractivity contribution < 1.29 is 0 Å². The Morgan fingerprint density at radius 3 is 2.67 bits per heavy atom. The second-order valence-corrected chi connectivity index (χ2v) is 6.39. The van der Waals surface area contributed by atoms with Crippen molar-refractivity contribution in [1.82, 2.24) is 4.98 Å². The fourth-order valence-corrected chi connectivity index (χ4v) is 3.24. The molecule has 0 fully saturated rings. The van der Waals surface area contributed by atoms with E-state index in [1.54, 1.807) is 6.20 Å². The van der Waals surface area contributed by atoms with Crippen LogP contribution in [0.3, 0.4) is 0 Å². The minimum Gasteiger partial charge on any atom is -0.360 e. The molecule has 0 aliphatic carbocycles. The molecule has 1 heterocycles. The largest absolute Gasteiger partial charge is 0.360 e. The van der Waals surface area contributed by atoms with Crippen LogP contribution in [-0.4, -0.2) is 4.98 Å². The first-order valence-corrected chi connectivity index (χ1v) is 8.51. The predicted octanol–water partition coefficient (Wildman–Crippen LogP) is 5.40. The molecule has 3 aromatic rings. The number of hydrogen-bond donors (Lipinski definition) is 1. The lowest BCUT2D eigenvalue weighted by Gasteiger charge is -2.03. The smallest absolute Gasteiger partial charge is 0.136 e. The first-order chi connectivity index (χ1) is 11.7. The van der Waals surface area contributed by atoms with Gasteiger partial charge in [-0.3, -0.25) is 0 Å². The predicted molar refractivity (Wildman–Crippen MR) is 101 cm³/mol. The Morgan fingerprint density at radius 2 is 1.96 bits per heavy atom. The molecule has 24 heavy (non-hydrogen) atoms. The number of nitrogens with one attached hydrogen (secondary N) is 1. The summed E-state index contributed by atoms with van der Waals surface area (Å²) < 4.78 is 0. The molecule has 0 saturated carbocycles. The maximum Gasteiger partial charge on any atom is 0.136 e. The number of nitriles is 1. The Kier molecular flexibility index (Phi) is 4.74. The summed E-state index contributed by atoms with van der Waals surface area (Å²) >= 11 is 1.48. The van der Waals surface area contributed by atoms with Crippen LogP contribution in [0.15, 0.2) is 60.1 Å². The summed E-state index contributed by atoms with van der Waals surface area (Å²) in [7, 11) is 0. The molecule has 118 valence electrons. The maximum atomic E-state index is 9.44. The van der Waals surface area contributed by atoms with Crippen LogP contribution in [0.2, 0.25) is 0 Å². The standard InChI is InChI=1S/C20H17N3S/c1-14-8-9-18(15(2)10-14)19-13-24-20(23-19)16(11-21)12-22-17-6-4-3-5-7-17/h3-10,12-13,22H,1-2H3/b16-12-. The van der Waals surface area contributed by atoms with Gasteiger partial charge in [-0.2, -0.15) is 5.26 Å². The molecule has 0 bridgehead atoms. The van der Waals surface area contributed by atoms with Gasteiger partial charge in [0.05, 0.1) is 5.69 Å². The zero-order valence-electron chi connectivity index (χ0n) is 13.6. The van der Waals surface area contributed by atoms with Gasteiger partial charge in [0.15, 0.2) is 0 Å². The second-order valence-electron chi connectivity index (χ2n) is 5.54. The van der Waals surface area contributed by atoms with E-state index in [0.717, 1.165) is 22.0 Å². The maximum absolute atomic E-state index is 9.44. The van der Waals surface area contributed by atoms with Crippen LogP contribution in [0.1, 0.15) is 16.1 Å². The fourth-order valence-electron chi connectivity index (χ4n) is 2.45. The van der Waals surface area contributed by atoms with Crippen molar-refractivity contribution in [3.8, 4) is 17.3 Å². The Bertz CT molecular complexity index is 918. The SMILES string of the molecule is Cc1ccc(-c2csc(/C(C#N)=C\Nc3ccccc3)n2)c(C)c1. The number of hydrogen-bond acceptors (Lipinski definition) is 4. The minimum absolute atomic E-state index is 0.528. The van der Waals surface area contributed by atoms with Crippen LogP contribution in [0.4, 0.5) is 5.69 Å². The molecule has 0 atom stereocenters. The van der Waals surface area contributed by atoms with E-state index in [1.807, 2.05) is 35.7 Å². The number of thiazole rings is 1. The van der Waals surface area contributed by atoms with E-state index in [0.29, 0.717) is 5.57 Å². The van der Waals surface area contributed by atoms with Gasteiger partial charge in [0.2, 0.25) is 0 Å². The average molecular weight is 331 g/mol. The highest BCUT2D eigenvalue weighted by Crippen LogP contribution is 2.28. The number of allylic oxidation sites excluding steroid dienone is 1. The van der Waals surface area contributed by atoms with Crippen molar-refractivity contribution in [2.75, 3.05) is 5.32 Å². The van der Waals surface area contributed by atoms with Gasteiger partial charge >= 0.3 is 0 Å². The van der Waals surface area contributed by atoms with Gasteiger partial charge in [0.25, 0.3) is 0 Å². The highest BCUT2D eigenvalue weighted by Gasteiger charge is 2.10. The molecule has 0 radical (unpaired) electrons. The first-order valence-electron chi connectivity index (χ1n) is 7.63. The van der Waals surface area contributed by atoms with Crippen LogP contribution < -0.4 is 5.32 Å². The van der Waals surface area contributed by atoms with Gasteiger partial charge in [0, 0.05) is 22.8 Å². The normalized spacial score (nSPS) is 11.1. The molecule has 1 N–H and O–H groups in total. The van der Waals surface area contributed by atoms with Crippen LogP contribution in [0.5, 0.6) is 0 Å². The number of aromatic nitrogens is 1. The second kappa shape index (κ2) is 7.12. The highest BCUT2D eigenvalue weighted by atomic mass is 32.1. The third-order valence-electron chi connectivity index (χ3n) is 3.67. The van der Waals surface area contributed by atoms with Crippen molar-refractivity contribution in [3.63, 3.8) is 0 Å². The molecule has 0 aliphatic heterocycles. The number of para-hydroxylation sites is 1. The van der Waals surface area contributed by atoms with Crippen molar-refractivity contribution >= 4 is 22.6 Å². The van der Waals surface area contributed by atoms with Crippen LogP contribution in [0.25, 0.3) is 16.8 Å². The molecule has 3 nitrogen and oxygen atoms in total. The van der Waals surface area contributed by atoms with E-state index in [-0.39, 0.29) is 0 Å². The third-order valence-corrected chi connectivity index (χ3v) is 4.55. The van der Waals surface area contributed by atoms with Gasteiger partial charge in [0.1, 0.15) is 16.6 Å². The van der Waals surface area contributed by atoms with Gasteiger partial charge in [-0.1, -0.05) is 42.0 Å². The Morgan fingerprint density at radius 1 is 1.17 bits per heavy atom. The molecule has 0 amide bonds. The van der Waals surface area contributed by atoms with Crippen molar-refractivity contribution in [1.29, 1.82) is 5.26 Å². The van der Waals surface area contributed by atoms with Crippen LogP contribution in [0, 0.1) is 25.2 Å². The molecular weight excluding hydrogens is 314 g/mol. The Balaban J connectivity index is 1.87. The number of nitrogens with zero attached hydrogens (tertiary/aromatic N) is 2. The van der Waals surface area contributed by atoms with Crippen molar-refractivity contribution in [3.05, 3.63) is 76.2 Å². The molecule has 0 spiro atoms. The zero-order chi connectivity index (χ0) is 16.9. The summed E-state index contributed by atoms with van der Waals surface area (Å²) in [5.74, 6) is 0. The van der Waals surface area contributed by atoms with E-state index in [2.05, 4.69) is 48.4 Å². The van der Waals surface area contributed by atoms with E-state index < -0.39 is 0 Å². The van der Waals surface area contributed by atoms with Gasteiger partial charge < -0.3 is 5.32 Å². The van der Waals surface area contributed by atoms with E-state index in [4.69, 9.17) is 0 Å². The van der Waals surface area contributed by atoms with E-state index in [9.17, 15) is 5.26 Å². The molecule has 4 heteroatoms. The monoisotopic (exact) mass is 331 g/mol. The first kappa shape index (κ1) is 16.0. The quantitative estimate of drug-likeness (QED) is 0.651. The summed E-state index contributed by atoms with van der Waals surface area (Å²) in [6, 6.07) is 18.3. The molecular formula is C20H17N3S. The van der Waals surface area contributed by atoms with Gasteiger partial charge in [-0.15, -0.1) is 11.3 Å². The Hall–Kier alpha value is -2.90. The number of benzene rings is 2. The van der Waals surface area contributed by atoms with Crippen LogP contribution in [-0.2, 0) is 0 Å².